The zero-order chi connectivity index (χ0) is 16.8. The maximum Gasteiger partial charge on any atom is 0.224 e. The Balaban J connectivity index is 1.60. The van der Waals surface area contributed by atoms with E-state index in [1.165, 1.54) is 16.7 Å². The average molecular weight is 318 g/mol. The summed E-state index contributed by atoms with van der Waals surface area (Å²) >= 11 is 0. The lowest BCUT2D eigenvalue weighted by Gasteiger charge is -2.09. The minimum Gasteiger partial charge on any atom is -0.383 e. The van der Waals surface area contributed by atoms with E-state index in [9.17, 15) is 0 Å². The van der Waals surface area contributed by atoms with Crippen molar-refractivity contribution in [2.75, 3.05) is 17.6 Å². The summed E-state index contributed by atoms with van der Waals surface area (Å²) in [4.78, 5) is 8.77. The average Bonchev–Trinajstić information content (AvgIpc) is 2.58. The van der Waals surface area contributed by atoms with Crippen molar-refractivity contribution in [3.8, 4) is 0 Å². The molecule has 3 rings (SSSR count). The van der Waals surface area contributed by atoms with Gasteiger partial charge >= 0.3 is 0 Å². The molecule has 1 aromatic heterocycles. The van der Waals surface area contributed by atoms with E-state index in [1.807, 2.05) is 24.4 Å². The Kier molecular flexibility index (Phi) is 5.06. The van der Waals surface area contributed by atoms with Gasteiger partial charge in [0.1, 0.15) is 5.82 Å². The molecule has 2 aromatic carbocycles. The molecule has 3 aromatic rings. The molecule has 0 aliphatic carbocycles. The smallest absolute Gasteiger partial charge is 0.224 e. The monoisotopic (exact) mass is 318 g/mol. The largest absolute Gasteiger partial charge is 0.383 e. The second-order valence-corrected chi connectivity index (χ2v) is 5.93. The van der Waals surface area contributed by atoms with Crippen molar-refractivity contribution in [3.05, 3.63) is 83.0 Å². The lowest BCUT2D eigenvalue weighted by molar-refractivity contribution is 0.977. The summed E-state index contributed by atoms with van der Waals surface area (Å²) in [5.41, 5.74) is 10.8. The predicted octanol–water partition coefficient (Wildman–Crippen LogP) is 3.61. The molecule has 4 heteroatoms. The number of anilines is 2. The third-order valence-electron chi connectivity index (χ3n) is 3.91. The molecule has 0 bridgehead atoms. The number of nitrogens with one attached hydrogen (secondary N) is 1. The molecular weight excluding hydrogens is 296 g/mol. The van der Waals surface area contributed by atoms with E-state index in [-0.39, 0.29) is 0 Å². The van der Waals surface area contributed by atoms with Crippen LogP contribution in [-0.4, -0.2) is 16.5 Å². The molecule has 24 heavy (non-hydrogen) atoms. The van der Waals surface area contributed by atoms with Gasteiger partial charge in [0.25, 0.3) is 0 Å². The van der Waals surface area contributed by atoms with Gasteiger partial charge in [-0.25, -0.2) is 4.98 Å². The van der Waals surface area contributed by atoms with Crippen LogP contribution in [-0.2, 0) is 12.8 Å². The Morgan fingerprint density at radius 1 is 1.00 bits per heavy atom. The first-order valence-electron chi connectivity index (χ1n) is 8.15. The molecule has 0 saturated carbocycles. The number of aromatic nitrogens is 2. The maximum atomic E-state index is 6.10. The van der Waals surface area contributed by atoms with E-state index in [0.717, 1.165) is 24.9 Å². The number of nitrogen functional groups attached to an aromatic ring is 1. The lowest BCUT2D eigenvalue weighted by Crippen LogP contribution is -2.10. The van der Waals surface area contributed by atoms with Crippen LogP contribution < -0.4 is 11.1 Å². The normalized spacial score (nSPS) is 10.5. The SMILES string of the molecule is Cc1cccc(Cc2cnc(NCCc3ccccc3)nc2N)c1. The second-order valence-electron chi connectivity index (χ2n) is 5.93. The van der Waals surface area contributed by atoms with Gasteiger partial charge in [0, 0.05) is 24.7 Å². The van der Waals surface area contributed by atoms with Crippen LogP contribution in [0.15, 0.2) is 60.8 Å². The number of hydrogen-bond donors (Lipinski definition) is 2. The fourth-order valence-electron chi connectivity index (χ4n) is 2.65. The molecule has 0 saturated heterocycles. The summed E-state index contributed by atoms with van der Waals surface area (Å²) in [6.07, 6.45) is 3.49. The minimum absolute atomic E-state index is 0.536. The third-order valence-corrected chi connectivity index (χ3v) is 3.91. The summed E-state index contributed by atoms with van der Waals surface area (Å²) in [5.74, 6) is 1.12. The number of nitrogens with two attached hydrogens (primary N) is 1. The first-order valence-corrected chi connectivity index (χ1v) is 8.15. The fraction of sp³-hybridized carbons (Fsp3) is 0.200. The van der Waals surface area contributed by atoms with E-state index < -0.39 is 0 Å². The summed E-state index contributed by atoms with van der Waals surface area (Å²) in [7, 11) is 0. The van der Waals surface area contributed by atoms with Gasteiger partial charge in [-0.2, -0.15) is 4.98 Å². The summed E-state index contributed by atoms with van der Waals surface area (Å²) < 4.78 is 0. The highest BCUT2D eigenvalue weighted by Gasteiger charge is 2.05. The fourth-order valence-corrected chi connectivity index (χ4v) is 2.65. The molecule has 0 atom stereocenters. The van der Waals surface area contributed by atoms with Gasteiger partial charge < -0.3 is 11.1 Å². The van der Waals surface area contributed by atoms with Crippen LogP contribution in [0.25, 0.3) is 0 Å². The van der Waals surface area contributed by atoms with E-state index >= 15 is 0 Å². The van der Waals surface area contributed by atoms with Crippen molar-refractivity contribution in [1.29, 1.82) is 0 Å². The maximum absolute atomic E-state index is 6.10. The van der Waals surface area contributed by atoms with Crippen molar-refractivity contribution in [2.45, 2.75) is 19.8 Å². The standard InChI is InChI=1S/C20H22N4/c1-15-6-5-9-17(12-15)13-18-14-23-20(24-19(18)21)22-11-10-16-7-3-2-4-8-16/h2-9,12,14H,10-11,13H2,1H3,(H3,21,22,23,24). The Hall–Kier alpha value is -2.88. The Labute approximate surface area is 142 Å². The van der Waals surface area contributed by atoms with Crippen molar-refractivity contribution < 1.29 is 0 Å². The molecule has 1 heterocycles. The first-order chi connectivity index (χ1) is 11.7. The topological polar surface area (TPSA) is 63.8 Å². The van der Waals surface area contributed by atoms with Crippen LogP contribution in [0.3, 0.4) is 0 Å². The van der Waals surface area contributed by atoms with Crippen LogP contribution in [0.4, 0.5) is 11.8 Å². The molecule has 4 nitrogen and oxygen atoms in total. The molecule has 0 fully saturated rings. The number of aryl methyl sites for hydroxylation is 1. The van der Waals surface area contributed by atoms with Gasteiger partial charge in [0.15, 0.2) is 0 Å². The number of benzene rings is 2. The van der Waals surface area contributed by atoms with Crippen molar-refractivity contribution in [3.63, 3.8) is 0 Å². The zero-order valence-corrected chi connectivity index (χ0v) is 13.9. The predicted molar refractivity (Wildman–Crippen MR) is 99.1 cm³/mol. The lowest BCUT2D eigenvalue weighted by atomic mass is 10.0. The third kappa shape index (κ3) is 4.32. The number of hydrogen-bond acceptors (Lipinski definition) is 4. The van der Waals surface area contributed by atoms with Gasteiger partial charge in [-0.05, 0) is 24.5 Å². The van der Waals surface area contributed by atoms with E-state index in [0.29, 0.717) is 11.8 Å². The molecule has 0 aliphatic heterocycles. The van der Waals surface area contributed by atoms with Gasteiger partial charge in [-0.15, -0.1) is 0 Å². The van der Waals surface area contributed by atoms with Gasteiger partial charge in [-0.1, -0.05) is 60.2 Å². The highest BCUT2D eigenvalue weighted by molar-refractivity contribution is 5.45. The molecular formula is C20H22N4. The first kappa shape index (κ1) is 16.0. The van der Waals surface area contributed by atoms with Crippen LogP contribution >= 0.6 is 0 Å². The Bertz CT molecular complexity index is 800. The summed E-state index contributed by atoms with van der Waals surface area (Å²) in [6.45, 7) is 2.86. The van der Waals surface area contributed by atoms with Gasteiger partial charge in [-0.3, -0.25) is 0 Å². The van der Waals surface area contributed by atoms with Crippen LogP contribution in [0.2, 0.25) is 0 Å². The molecule has 122 valence electrons. The molecule has 3 N–H and O–H groups in total. The second kappa shape index (κ2) is 7.59. The van der Waals surface area contributed by atoms with Crippen LogP contribution in [0.1, 0.15) is 22.3 Å². The van der Waals surface area contributed by atoms with E-state index in [4.69, 9.17) is 5.73 Å². The highest BCUT2D eigenvalue weighted by atomic mass is 15.1. The Morgan fingerprint density at radius 2 is 1.79 bits per heavy atom. The van der Waals surface area contributed by atoms with Gasteiger partial charge in [0.2, 0.25) is 5.95 Å². The van der Waals surface area contributed by atoms with E-state index in [1.54, 1.807) is 0 Å². The summed E-state index contributed by atoms with van der Waals surface area (Å²) in [6, 6.07) is 18.7. The Morgan fingerprint density at radius 3 is 2.54 bits per heavy atom. The molecule has 0 radical (unpaired) electrons. The summed E-state index contributed by atoms with van der Waals surface area (Å²) in [5, 5.41) is 3.23. The zero-order valence-electron chi connectivity index (χ0n) is 13.9. The highest BCUT2D eigenvalue weighted by Crippen LogP contribution is 2.16. The quantitative estimate of drug-likeness (QED) is 0.729. The van der Waals surface area contributed by atoms with Crippen LogP contribution in [0, 0.1) is 6.92 Å². The van der Waals surface area contributed by atoms with Crippen molar-refractivity contribution in [2.24, 2.45) is 0 Å². The molecule has 0 amide bonds. The number of rotatable bonds is 6. The van der Waals surface area contributed by atoms with Crippen molar-refractivity contribution in [1.82, 2.24) is 9.97 Å². The minimum atomic E-state index is 0.536. The molecule has 0 aliphatic rings. The van der Waals surface area contributed by atoms with Crippen LogP contribution in [0.5, 0.6) is 0 Å². The van der Waals surface area contributed by atoms with E-state index in [2.05, 4.69) is 58.6 Å². The molecule has 0 unspecified atom stereocenters. The van der Waals surface area contributed by atoms with Crippen molar-refractivity contribution >= 4 is 11.8 Å². The van der Waals surface area contributed by atoms with Gasteiger partial charge in [0.05, 0.1) is 0 Å². The molecule has 0 spiro atoms. The number of nitrogens with zero attached hydrogens (tertiary/aromatic N) is 2.